The molecule has 0 unspecified atom stereocenters. The fraction of sp³-hybridized carbons (Fsp3) is 1.00. The zero-order valence-corrected chi connectivity index (χ0v) is 21.2. The molecule has 0 heterocycles. The van der Waals surface area contributed by atoms with Crippen molar-refractivity contribution >= 4 is 0 Å². The summed E-state index contributed by atoms with van der Waals surface area (Å²) in [5.41, 5.74) is 0. The van der Waals surface area contributed by atoms with Gasteiger partial charge in [0.1, 0.15) is 0 Å². The van der Waals surface area contributed by atoms with Crippen LogP contribution >= 0.6 is 0 Å². The Hall–Kier alpha value is -0.210. The molecule has 0 aliphatic heterocycles. The van der Waals surface area contributed by atoms with Crippen molar-refractivity contribution < 1.29 is 13.2 Å². The Kier molecular flexibility index (Phi) is 119. The molecule has 0 nitrogen and oxygen atoms in total. The minimum absolute atomic E-state index is 0. The summed E-state index contributed by atoms with van der Waals surface area (Å²) < 4.78 is 31.1. The molecule has 0 amide bonds. The van der Waals surface area contributed by atoms with Gasteiger partial charge in [-0.3, -0.25) is 0 Å². The van der Waals surface area contributed by atoms with E-state index in [1.807, 2.05) is 27.7 Å². The largest absolute Gasteiger partial charge is 0.386 e. The first-order valence-electron chi connectivity index (χ1n) is 11.0. The molecule has 3 heteroatoms. The molecule has 0 aromatic heterocycles. The van der Waals surface area contributed by atoms with Crippen LogP contribution in [0.2, 0.25) is 0 Å². The number of halogens is 3. The molecule has 27 heavy (non-hydrogen) atoms. The van der Waals surface area contributed by atoms with E-state index in [9.17, 15) is 13.2 Å². The van der Waals surface area contributed by atoms with Crippen LogP contribution in [0.25, 0.3) is 0 Å². The Balaban J connectivity index is -0.0000000258. The maximum atomic E-state index is 10.4. The molecule has 178 valence electrons. The van der Waals surface area contributed by atoms with Crippen LogP contribution < -0.4 is 0 Å². The summed E-state index contributed by atoms with van der Waals surface area (Å²) in [6.07, 6.45) is 5.64. The molecule has 1 fully saturated rings. The zero-order valence-electron chi connectivity index (χ0n) is 21.2. The third-order valence-electron chi connectivity index (χ3n) is 0.854. The molecule has 0 spiro atoms. The maximum absolute atomic E-state index is 10.4. The van der Waals surface area contributed by atoms with Gasteiger partial charge in [-0.05, 0) is 5.92 Å². The van der Waals surface area contributed by atoms with Crippen LogP contribution in [0.5, 0.6) is 0 Å². The van der Waals surface area contributed by atoms with Gasteiger partial charge in [-0.1, -0.05) is 142 Å². The van der Waals surface area contributed by atoms with Crippen LogP contribution in [-0.4, -0.2) is 6.18 Å². The van der Waals surface area contributed by atoms with Crippen molar-refractivity contribution in [1.82, 2.24) is 0 Å². The standard InChI is InChI=1S/2C4H10.C3H6.2C3H8.C2H3F3.2C2H6.CH4/c1-4(2)3;1-3-4-2;1-2-3-1;2*1-3-2;1-2(3,4)5;2*1-2;/h4H,1-3H3;3-4H2,1-2H3;1-3H2;2*3H2,1-2H3;1H3;2*1-2H3;1H4. The van der Waals surface area contributed by atoms with Crippen molar-refractivity contribution in [3.8, 4) is 0 Å². The van der Waals surface area contributed by atoms with Crippen molar-refractivity contribution in [3.05, 3.63) is 0 Å². The van der Waals surface area contributed by atoms with Crippen molar-refractivity contribution in [3.63, 3.8) is 0 Å². The van der Waals surface area contributed by atoms with Crippen LogP contribution in [0.4, 0.5) is 13.2 Å². The normalized spacial score (nSPS) is 9.11. The maximum Gasteiger partial charge on any atom is 0.386 e. The summed E-state index contributed by atoms with van der Waals surface area (Å²) in [6, 6.07) is 0. The Bertz CT molecular complexity index is 113. The second-order valence-corrected chi connectivity index (χ2v) is 5.99. The molecule has 0 aromatic rings. The van der Waals surface area contributed by atoms with Crippen LogP contribution in [0.15, 0.2) is 0 Å². The molecule has 0 saturated heterocycles. The third kappa shape index (κ3) is 4560. The van der Waals surface area contributed by atoms with Crippen LogP contribution in [0.3, 0.4) is 0 Å². The highest BCUT2D eigenvalue weighted by atomic mass is 19.4. The lowest BCUT2D eigenvalue weighted by Crippen LogP contribution is -1.95. The molecule has 0 N–H and O–H groups in total. The fourth-order valence-corrected chi connectivity index (χ4v) is 0. The summed E-state index contributed by atoms with van der Waals surface area (Å²) in [5, 5.41) is 0. The lowest BCUT2D eigenvalue weighted by atomic mass is 10.3. The van der Waals surface area contributed by atoms with E-state index in [0.717, 1.165) is 5.92 Å². The first-order valence-corrected chi connectivity index (χ1v) is 11.0. The number of alkyl halides is 3. The van der Waals surface area contributed by atoms with Crippen molar-refractivity contribution in [2.24, 2.45) is 5.92 Å². The van der Waals surface area contributed by atoms with E-state index in [2.05, 4.69) is 62.3 Å². The van der Waals surface area contributed by atoms with Crippen molar-refractivity contribution in [1.29, 1.82) is 0 Å². The van der Waals surface area contributed by atoms with E-state index in [1.165, 1.54) is 44.9 Å². The predicted molar refractivity (Wildman–Crippen MR) is 128 cm³/mol. The second-order valence-electron chi connectivity index (χ2n) is 5.99. The first-order chi connectivity index (χ1) is 12.0. The SMILES string of the molecule is C.C1CC1.CC.CC.CC(C)C.CC(F)(F)F.CCC.CCC.CCCC. The van der Waals surface area contributed by atoms with E-state index < -0.39 is 6.18 Å². The molecule has 0 atom stereocenters. The second kappa shape index (κ2) is 63.6. The van der Waals surface area contributed by atoms with Gasteiger partial charge in [0.25, 0.3) is 0 Å². The number of hydrogen-bond donors (Lipinski definition) is 0. The molecule has 1 saturated carbocycles. The molecule has 0 radical (unpaired) electrons. The van der Waals surface area contributed by atoms with Crippen LogP contribution in [0.1, 0.15) is 149 Å². The highest BCUT2D eigenvalue weighted by Gasteiger charge is 2.15. The van der Waals surface area contributed by atoms with Crippen molar-refractivity contribution in [2.45, 2.75) is 155 Å². The molecular formula is C24H61F3. The van der Waals surface area contributed by atoms with Gasteiger partial charge in [0.05, 0.1) is 0 Å². The van der Waals surface area contributed by atoms with E-state index >= 15 is 0 Å². The van der Waals surface area contributed by atoms with Crippen LogP contribution in [-0.2, 0) is 0 Å². The smallest absolute Gasteiger partial charge is 0.172 e. The summed E-state index contributed by atoms with van der Waals surface area (Å²) in [4.78, 5) is 0. The monoisotopic (exact) mass is 406 g/mol. The summed E-state index contributed by atoms with van der Waals surface area (Å²) in [5.74, 6) is 0.833. The molecule has 1 rings (SSSR count). The van der Waals surface area contributed by atoms with Gasteiger partial charge in [0.2, 0.25) is 0 Å². The van der Waals surface area contributed by atoms with Gasteiger partial charge in [-0.25, -0.2) is 0 Å². The minimum atomic E-state index is -4.00. The number of rotatable bonds is 1. The molecule has 1 aliphatic carbocycles. The molecular weight excluding hydrogens is 345 g/mol. The Labute approximate surface area is 175 Å². The number of unbranched alkanes of at least 4 members (excludes halogenated alkanes) is 1. The topological polar surface area (TPSA) is 0 Å². The summed E-state index contributed by atoms with van der Waals surface area (Å²) in [6.45, 7) is 27.5. The number of hydrogen-bond acceptors (Lipinski definition) is 0. The van der Waals surface area contributed by atoms with Gasteiger partial charge in [0.15, 0.2) is 0 Å². The molecule has 0 aromatic carbocycles. The van der Waals surface area contributed by atoms with Gasteiger partial charge in [0, 0.05) is 6.92 Å². The van der Waals surface area contributed by atoms with Gasteiger partial charge in [-0.2, -0.15) is 13.2 Å². The average molecular weight is 407 g/mol. The summed E-state index contributed by atoms with van der Waals surface area (Å²) >= 11 is 0. The van der Waals surface area contributed by atoms with Gasteiger partial charge < -0.3 is 0 Å². The minimum Gasteiger partial charge on any atom is -0.172 e. The van der Waals surface area contributed by atoms with E-state index in [4.69, 9.17) is 0 Å². The Morgan fingerprint density at radius 2 is 0.704 bits per heavy atom. The first kappa shape index (κ1) is 50.5. The Morgan fingerprint density at radius 3 is 0.704 bits per heavy atom. The highest BCUT2D eigenvalue weighted by molar-refractivity contribution is 4.50. The van der Waals surface area contributed by atoms with Gasteiger partial charge >= 0.3 is 6.18 Å². The lowest BCUT2D eigenvalue weighted by Gasteiger charge is -1.88. The van der Waals surface area contributed by atoms with E-state index in [-0.39, 0.29) is 14.4 Å². The lowest BCUT2D eigenvalue weighted by molar-refractivity contribution is -0.110. The van der Waals surface area contributed by atoms with Crippen molar-refractivity contribution in [2.75, 3.05) is 0 Å². The quantitative estimate of drug-likeness (QED) is 0.406. The molecule has 1 aliphatic rings. The van der Waals surface area contributed by atoms with Crippen LogP contribution in [0, 0.1) is 5.92 Å². The average Bonchev–Trinajstić information content (AvgIpc) is 3.39. The fourth-order valence-electron chi connectivity index (χ4n) is 0. The van der Waals surface area contributed by atoms with E-state index in [0.29, 0.717) is 0 Å². The Morgan fingerprint density at radius 1 is 0.630 bits per heavy atom. The highest BCUT2D eigenvalue weighted by Crippen LogP contribution is 2.14. The molecule has 0 bridgehead atoms. The third-order valence-corrected chi connectivity index (χ3v) is 0.854. The summed E-state index contributed by atoms with van der Waals surface area (Å²) in [7, 11) is 0. The van der Waals surface area contributed by atoms with Gasteiger partial charge in [-0.15, -0.1) is 0 Å². The zero-order chi connectivity index (χ0) is 23.0. The van der Waals surface area contributed by atoms with E-state index in [1.54, 1.807) is 0 Å². The predicted octanol–water partition coefficient (Wildman–Crippen LogP) is 11.7.